The van der Waals surface area contributed by atoms with E-state index in [1.165, 1.54) is 6.07 Å². The summed E-state index contributed by atoms with van der Waals surface area (Å²) < 4.78 is 0. The zero-order valence-corrected chi connectivity index (χ0v) is 11.0. The number of carboxylic acids is 1. The van der Waals surface area contributed by atoms with Gasteiger partial charge in [0.25, 0.3) is 0 Å². The maximum absolute atomic E-state index is 12.0. The van der Waals surface area contributed by atoms with Gasteiger partial charge < -0.3 is 10.0 Å². The number of nitrogens with zero attached hydrogens (tertiary/aromatic N) is 1. The van der Waals surface area contributed by atoms with Crippen molar-refractivity contribution < 1.29 is 14.7 Å². The largest absolute Gasteiger partial charge is 0.477 e. The van der Waals surface area contributed by atoms with E-state index in [0.29, 0.717) is 10.9 Å². The molecule has 2 heterocycles. The first-order chi connectivity index (χ1) is 8.56. The Kier molecular flexibility index (Phi) is 3.86. The van der Waals surface area contributed by atoms with Crippen LogP contribution < -0.4 is 5.32 Å². The number of urea groups is 1. The van der Waals surface area contributed by atoms with E-state index in [4.69, 9.17) is 5.11 Å². The van der Waals surface area contributed by atoms with E-state index >= 15 is 0 Å². The Labute approximate surface area is 109 Å². The summed E-state index contributed by atoms with van der Waals surface area (Å²) in [6.45, 7) is 3.67. The first-order valence-electron chi connectivity index (χ1n) is 5.95. The van der Waals surface area contributed by atoms with Crippen molar-refractivity contribution in [2.24, 2.45) is 5.92 Å². The van der Waals surface area contributed by atoms with Gasteiger partial charge >= 0.3 is 12.0 Å². The van der Waals surface area contributed by atoms with E-state index in [9.17, 15) is 9.59 Å². The number of likely N-dealkylation sites (tertiary alicyclic amines) is 1. The van der Waals surface area contributed by atoms with E-state index < -0.39 is 5.97 Å². The molecule has 98 valence electrons. The SMILES string of the molecule is CC1CCCN(C(=O)Nc2ccc(C(=O)O)s2)C1. The average molecular weight is 268 g/mol. The van der Waals surface area contributed by atoms with Crippen molar-refractivity contribution in [1.82, 2.24) is 4.90 Å². The number of aromatic carboxylic acids is 1. The molecule has 0 saturated carbocycles. The van der Waals surface area contributed by atoms with Gasteiger partial charge in [-0.3, -0.25) is 5.32 Å². The summed E-state index contributed by atoms with van der Waals surface area (Å²) in [4.78, 5) is 24.7. The van der Waals surface area contributed by atoms with E-state index in [0.717, 1.165) is 37.3 Å². The lowest BCUT2D eigenvalue weighted by Crippen LogP contribution is -2.41. The molecule has 1 fully saturated rings. The highest BCUT2D eigenvalue weighted by Crippen LogP contribution is 2.23. The molecular weight excluding hydrogens is 252 g/mol. The summed E-state index contributed by atoms with van der Waals surface area (Å²) >= 11 is 1.08. The van der Waals surface area contributed by atoms with Crippen LogP contribution in [0.4, 0.5) is 9.80 Å². The van der Waals surface area contributed by atoms with Crippen LogP contribution in [0.15, 0.2) is 12.1 Å². The molecule has 1 aliphatic rings. The van der Waals surface area contributed by atoms with Gasteiger partial charge in [-0.1, -0.05) is 6.92 Å². The first-order valence-corrected chi connectivity index (χ1v) is 6.77. The second-order valence-electron chi connectivity index (χ2n) is 4.59. The molecule has 1 aromatic heterocycles. The number of carboxylic acid groups (broad SMARTS) is 1. The minimum Gasteiger partial charge on any atom is -0.477 e. The third-order valence-electron chi connectivity index (χ3n) is 2.99. The highest BCUT2D eigenvalue weighted by Gasteiger charge is 2.21. The Balaban J connectivity index is 1.95. The lowest BCUT2D eigenvalue weighted by molar-refractivity contribution is 0.0702. The van der Waals surface area contributed by atoms with Gasteiger partial charge in [0.05, 0.1) is 5.00 Å². The van der Waals surface area contributed by atoms with Gasteiger partial charge in [-0.15, -0.1) is 11.3 Å². The molecule has 0 spiro atoms. The molecule has 0 aromatic carbocycles. The number of rotatable bonds is 2. The number of carbonyl (C=O) groups excluding carboxylic acids is 1. The minimum atomic E-state index is -0.966. The number of anilines is 1. The molecule has 6 heteroatoms. The molecule has 1 atom stereocenters. The van der Waals surface area contributed by atoms with E-state index in [2.05, 4.69) is 12.2 Å². The quantitative estimate of drug-likeness (QED) is 0.866. The van der Waals surface area contributed by atoms with Gasteiger partial charge in [0.1, 0.15) is 4.88 Å². The van der Waals surface area contributed by atoms with E-state index in [1.54, 1.807) is 11.0 Å². The maximum Gasteiger partial charge on any atom is 0.345 e. The maximum atomic E-state index is 12.0. The van der Waals surface area contributed by atoms with Crippen LogP contribution in [0.1, 0.15) is 29.4 Å². The summed E-state index contributed by atoms with van der Waals surface area (Å²) in [6, 6.07) is 2.99. The molecule has 2 amide bonds. The van der Waals surface area contributed by atoms with Gasteiger partial charge in [-0.2, -0.15) is 0 Å². The second kappa shape index (κ2) is 5.39. The molecule has 1 aliphatic heterocycles. The third kappa shape index (κ3) is 3.01. The summed E-state index contributed by atoms with van der Waals surface area (Å²) in [6.07, 6.45) is 2.19. The Morgan fingerprint density at radius 2 is 2.28 bits per heavy atom. The monoisotopic (exact) mass is 268 g/mol. The van der Waals surface area contributed by atoms with Crippen molar-refractivity contribution in [2.45, 2.75) is 19.8 Å². The lowest BCUT2D eigenvalue weighted by atomic mass is 10.0. The van der Waals surface area contributed by atoms with Crippen molar-refractivity contribution in [2.75, 3.05) is 18.4 Å². The number of carbonyl (C=O) groups is 2. The van der Waals surface area contributed by atoms with Crippen LogP contribution in [-0.2, 0) is 0 Å². The van der Waals surface area contributed by atoms with Crippen molar-refractivity contribution in [3.8, 4) is 0 Å². The predicted octanol–water partition coefficient (Wildman–Crippen LogP) is 2.71. The van der Waals surface area contributed by atoms with Crippen molar-refractivity contribution >= 4 is 28.3 Å². The standard InChI is InChI=1S/C12H16N2O3S/c1-8-3-2-6-14(7-8)12(17)13-10-5-4-9(18-10)11(15)16/h4-5,8H,2-3,6-7H2,1H3,(H,13,17)(H,15,16). The zero-order valence-electron chi connectivity index (χ0n) is 10.2. The fourth-order valence-electron chi connectivity index (χ4n) is 2.08. The average Bonchev–Trinajstić information content (AvgIpc) is 2.77. The molecule has 1 aromatic rings. The highest BCUT2D eigenvalue weighted by molar-refractivity contribution is 7.18. The fourth-order valence-corrected chi connectivity index (χ4v) is 2.81. The molecular formula is C12H16N2O3S. The van der Waals surface area contributed by atoms with Crippen molar-refractivity contribution in [3.63, 3.8) is 0 Å². The lowest BCUT2D eigenvalue weighted by Gasteiger charge is -2.30. The molecule has 1 unspecified atom stereocenters. The second-order valence-corrected chi connectivity index (χ2v) is 5.68. The third-order valence-corrected chi connectivity index (χ3v) is 3.98. The Morgan fingerprint density at radius 1 is 1.50 bits per heavy atom. The zero-order chi connectivity index (χ0) is 13.1. The van der Waals surface area contributed by atoms with Crippen LogP contribution in [0.5, 0.6) is 0 Å². The van der Waals surface area contributed by atoms with Gasteiger partial charge in [-0.25, -0.2) is 9.59 Å². The van der Waals surface area contributed by atoms with Gasteiger partial charge in [-0.05, 0) is 30.9 Å². The minimum absolute atomic E-state index is 0.139. The molecule has 0 aliphatic carbocycles. The number of piperidine rings is 1. The molecule has 5 nitrogen and oxygen atoms in total. The van der Waals surface area contributed by atoms with Crippen LogP contribution in [0.25, 0.3) is 0 Å². The highest BCUT2D eigenvalue weighted by atomic mass is 32.1. The van der Waals surface area contributed by atoms with E-state index in [-0.39, 0.29) is 10.9 Å². The van der Waals surface area contributed by atoms with Crippen molar-refractivity contribution in [3.05, 3.63) is 17.0 Å². The van der Waals surface area contributed by atoms with E-state index in [1.807, 2.05) is 0 Å². The Hall–Kier alpha value is -1.56. The normalized spacial score (nSPS) is 19.6. The fraction of sp³-hybridized carbons (Fsp3) is 0.500. The van der Waals surface area contributed by atoms with Gasteiger partial charge in [0.2, 0.25) is 0 Å². The van der Waals surface area contributed by atoms with Gasteiger partial charge in [0.15, 0.2) is 0 Å². The van der Waals surface area contributed by atoms with Crippen molar-refractivity contribution in [1.29, 1.82) is 0 Å². The smallest absolute Gasteiger partial charge is 0.345 e. The van der Waals surface area contributed by atoms with Crippen LogP contribution in [0.2, 0.25) is 0 Å². The van der Waals surface area contributed by atoms with Gasteiger partial charge in [0, 0.05) is 13.1 Å². The Morgan fingerprint density at radius 3 is 2.89 bits per heavy atom. The summed E-state index contributed by atoms with van der Waals surface area (Å²) in [5.41, 5.74) is 0. The molecule has 2 rings (SSSR count). The molecule has 18 heavy (non-hydrogen) atoms. The number of amides is 2. The predicted molar refractivity (Wildman–Crippen MR) is 70.3 cm³/mol. The topological polar surface area (TPSA) is 69.6 Å². The summed E-state index contributed by atoms with van der Waals surface area (Å²) in [5, 5.41) is 12.1. The van der Waals surface area contributed by atoms with Crippen LogP contribution in [-0.4, -0.2) is 35.1 Å². The summed E-state index contributed by atoms with van der Waals surface area (Å²) in [7, 11) is 0. The molecule has 1 saturated heterocycles. The number of thiophene rings is 1. The molecule has 2 N–H and O–H groups in total. The van der Waals surface area contributed by atoms with Crippen LogP contribution in [0.3, 0.4) is 0 Å². The number of hydrogen-bond acceptors (Lipinski definition) is 3. The molecule has 0 radical (unpaired) electrons. The first kappa shape index (κ1) is 12.9. The molecule has 0 bridgehead atoms. The number of hydrogen-bond donors (Lipinski definition) is 2. The van der Waals surface area contributed by atoms with Crippen LogP contribution in [0, 0.1) is 5.92 Å². The summed E-state index contributed by atoms with van der Waals surface area (Å²) in [5.74, 6) is -0.436. The number of nitrogens with one attached hydrogen (secondary N) is 1. The Bertz CT molecular complexity index is 458. The van der Waals surface area contributed by atoms with Crippen LogP contribution >= 0.6 is 11.3 Å².